The molecule has 0 aliphatic heterocycles. The van der Waals surface area contributed by atoms with Crippen molar-refractivity contribution < 1.29 is 13.5 Å². The highest BCUT2D eigenvalue weighted by atomic mass is 19.1. The minimum absolute atomic E-state index is 0.148. The minimum atomic E-state index is -0.418. The summed E-state index contributed by atoms with van der Waals surface area (Å²) in [5.74, 6) is -0.354. The lowest BCUT2D eigenvalue weighted by molar-refractivity contribution is 0.303. The SMILES string of the molecule is CCNCc1cc(F)cc(OCc2cncc(F)c2)c1. The lowest BCUT2D eigenvalue weighted by Gasteiger charge is -2.09. The first-order valence-electron chi connectivity index (χ1n) is 6.40. The van der Waals surface area contributed by atoms with Crippen molar-refractivity contribution in [3.63, 3.8) is 0 Å². The van der Waals surface area contributed by atoms with Gasteiger partial charge in [-0.15, -0.1) is 0 Å². The van der Waals surface area contributed by atoms with Crippen molar-refractivity contribution in [1.29, 1.82) is 0 Å². The number of ether oxygens (including phenoxy) is 1. The summed E-state index contributed by atoms with van der Waals surface area (Å²) in [4.78, 5) is 3.73. The molecular weight excluding hydrogens is 262 g/mol. The Morgan fingerprint density at radius 1 is 1.05 bits per heavy atom. The predicted molar refractivity (Wildman–Crippen MR) is 72.3 cm³/mol. The Morgan fingerprint density at radius 3 is 2.60 bits per heavy atom. The highest BCUT2D eigenvalue weighted by molar-refractivity contribution is 5.30. The van der Waals surface area contributed by atoms with Gasteiger partial charge in [0.1, 0.15) is 24.0 Å². The van der Waals surface area contributed by atoms with Crippen LogP contribution in [0.3, 0.4) is 0 Å². The van der Waals surface area contributed by atoms with Crippen LogP contribution in [-0.4, -0.2) is 11.5 Å². The van der Waals surface area contributed by atoms with E-state index < -0.39 is 5.82 Å². The van der Waals surface area contributed by atoms with Crippen LogP contribution in [0.5, 0.6) is 5.75 Å². The first-order valence-corrected chi connectivity index (χ1v) is 6.40. The molecule has 5 heteroatoms. The molecule has 0 saturated carbocycles. The zero-order valence-electron chi connectivity index (χ0n) is 11.2. The molecule has 0 fully saturated rings. The van der Waals surface area contributed by atoms with Crippen molar-refractivity contribution in [3.8, 4) is 5.75 Å². The van der Waals surface area contributed by atoms with E-state index in [1.54, 1.807) is 6.07 Å². The van der Waals surface area contributed by atoms with E-state index in [0.717, 1.165) is 18.3 Å². The van der Waals surface area contributed by atoms with Gasteiger partial charge in [-0.05, 0) is 30.3 Å². The van der Waals surface area contributed by atoms with Crippen molar-refractivity contribution >= 4 is 0 Å². The molecule has 0 bridgehead atoms. The van der Waals surface area contributed by atoms with Crippen LogP contribution < -0.4 is 10.1 Å². The fourth-order valence-electron chi connectivity index (χ4n) is 1.78. The monoisotopic (exact) mass is 278 g/mol. The summed E-state index contributed by atoms with van der Waals surface area (Å²) in [5.41, 5.74) is 1.40. The maximum Gasteiger partial charge on any atom is 0.141 e. The Hall–Kier alpha value is -2.01. The van der Waals surface area contributed by atoms with E-state index >= 15 is 0 Å². The second kappa shape index (κ2) is 6.96. The molecule has 1 N–H and O–H groups in total. The van der Waals surface area contributed by atoms with Crippen LogP contribution in [0.2, 0.25) is 0 Å². The third-order valence-corrected chi connectivity index (χ3v) is 2.68. The van der Waals surface area contributed by atoms with Crippen molar-refractivity contribution in [1.82, 2.24) is 10.3 Å². The molecule has 0 unspecified atom stereocenters. The van der Waals surface area contributed by atoms with Gasteiger partial charge in [-0.25, -0.2) is 8.78 Å². The first-order chi connectivity index (χ1) is 9.67. The van der Waals surface area contributed by atoms with Crippen LogP contribution >= 0.6 is 0 Å². The molecule has 2 aromatic rings. The van der Waals surface area contributed by atoms with Crippen LogP contribution in [-0.2, 0) is 13.2 Å². The Labute approximate surface area is 116 Å². The summed E-state index contributed by atoms with van der Waals surface area (Å²) in [6.45, 7) is 3.51. The Bertz CT molecular complexity index is 576. The fraction of sp³-hybridized carbons (Fsp3) is 0.267. The zero-order valence-corrected chi connectivity index (χ0v) is 11.2. The summed E-state index contributed by atoms with van der Waals surface area (Å²) < 4.78 is 31.9. The molecule has 0 saturated heterocycles. The van der Waals surface area contributed by atoms with Crippen LogP contribution in [0.25, 0.3) is 0 Å². The molecule has 20 heavy (non-hydrogen) atoms. The van der Waals surface area contributed by atoms with Gasteiger partial charge in [-0.2, -0.15) is 0 Å². The lowest BCUT2D eigenvalue weighted by Crippen LogP contribution is -2.12. The van der Waals surface area contributed by atoms with E-state index in [1.807, 2.05) is 6.92 Å². The number of pyridine rings is 1. The molecule has 2 rings (SSSR count). The van der Waals surface area contributed by atoms with Gasteiger partial charge >= 0.3 is 0 Å². The first kappa shape index (κ1) is 14.4. The minimum Gasteiger partial charge on any atom is -0.489 e. The van der Waals surface area contributed by atoms with Crippen LogP contribution in [0.4, 0.5) is 8.78 Å². The van der Waals surface area contributed by atoms with E-state index in [1.165, 1.54) is 24.4 Å². The van der Waals surface area contributed by atoms with Gasteiger partial charge < -0.3 is 10.1 Å². The Kier molecular flexibility index (Phi) is 5.01. The quantitative estimate of drug-likeness (QED) is 0.882. The van der Waals surface area contributed by atoms with Crippen LogP contribution in [0, 0.1) is 11.6 Å². The average molecular weight is 278 g/mol. The van der Waals surface area contributed by atoms with Gasteiger partial charge in [-0.3, -0.25) is 4.98 Å². The summed E-state index contributed by atoms with van der Waals surface area (Å²) >= 11 is 0. The van der Waals surface area contributed by atoms with E-state index in [2.05, 4.69) is 10.3 Å². The van der Waals surface area contributed by atoms with E-state index in [9.17, 15) is 8.78 Å². The number of hydrogen-bond donors (Lipinski definition) is 1. The summed E-state index contributed by atoms with van der Waals surface area (Å²) in [6, 6.07) is 5.87. The summed E-state index contributed by atoms with van der Waals surface area (Å²) in [7, 11) is 0. The average Bonchev–Trinajstić information content (AvgIpc) is 2.42. The summed E-state index contributed by atoms with van der Waals surface area (Å²) in [5, 5.41) is 3.12. The number of hydrogen-bond acceptors (Lipinski definition) is 3. The maximum atomic E-state index is 13.5. The Morgan fingerprint density at radius 2 is 1.85 bits per heavy atom. The van der Waals surface area contributed by atoms with Crippen molar-refractivity contribution in [2.24, 2.45) is 0 Å². The molecular formula is C15H16F2N2O. The second-order valence-corrected chi connectivity index (χ2v) is 4.38. The number of benzene rings is 1. The van der Waals surface area contributed by atoms with Crippen molar-refractivity contribution in [2.75, 3.05) is 6.54 Å². The third kappa shape index (κ3) is 4.28. The highest BCUT2D eigenvalue weighted by Gasteiger charge is 2.03. The van der Waals surface area contributed by atoms with E-state index in [4.69, 9.17) is 4.74 Å². The van der Waals surface area contributed by atoms with Crippen LogP contribution in [0.15, 0.2) is 36.7 Å². The van der Waals surface area contributed by atoms with Crippen LogP contribution in [0.1, 0.15) is 18.1 Å². The van der Waals surface area contributed by atoms with Gasteiger partial charge in [0.25, 0.3) is 0 Å². The molecule has 3 nitrogen and oxygen atoms in total. The molecule has 0 amide bonds. The molecule has 106 valence electrons. The van der Waals surface area contributed by atoms with Crippen molar-refractivity contribution in [3.05, 3.63) is 59.4 Å². The molecule has 0 aliphatic carbocycles. The maximum absolute atomic E-state index is 13.5. The molecule has 0 spiro atoms. The number of halogens is 2. The van der Waals surface area contributed by atoms with Gasteiger partial charge in [0, 0.05) is 24.4 Å². The summed E-state index contributed by atoms with van der Waals surface area (Å²) in [6.07, 6.45) is 2.64. The second-order valence-electron chi connectivity index (χ2n) is 4.38. The van der Waals surface area contributed by atoms with E-state index in [-0.39, 0.29) is 12.4 Å². The van der Waals surface area contributed by atoms with Crippen molar-refractivity contribution in [2.45, 2.75) is 20.1 Å². The predicted octanol–water partition coefficient (Wildman–Crippen LogP) is 3.05. The number of aromatic nitrogens is 1. The molecule has 1 aromatic heterocycles. The smallest absolute Gasteiger partial charge is 0.141 e. The Balaban J connectivity index is 2.03. The molecule has 0 radical (unpaired) electrons. The third-order valence-electron chi connectivity index (χ3n) is 2.68. The number of nitrogens with one attached hydrogen (secondary N) is 1. The highest BCUT2D eigenvalue weighted by Crippen LogP contribution is 2.18. The normalized spacial score (nSPS) is 10.6. The molecule has 0 aliphatic rings. The van der Waals surface area contributed by atoms with E-state index in [0.29, 0.717) is 17.9 Å². The largest absolute Gasteiger partial charge is 0.489 e. The topological polar surface area (TPSA) is 34.1 Å². The molecule has 1 heterocycles. The lowest BCUT2D eigenvalue weighted by atomic mass is 10.2. The standard InChI is InChI=1S/C15H16F2N2O/c1-2-18-7-11-3-13(16)6-15(5-11)20-10-12-4-14(17)9-19-8-12/h3-6,8-9,18H,2,7,10H2,1H3. The zero-order chi connectivity index (χ0) is 14.4. The fourth-order valence-corrected chi connectivity index (χ4v) is 1.78. The number of nitrogens with zero attached hydrogens (tertiary/aromatic N) is 1. The van der Waals surface area contributed by atoms with Gasteiger partial charge in [0.15, 0.2) is 0 Å². The number of rotatable bonds is 6. The molecule has 1 aromatic carbocycles. The van der Waals surface area contributed by atoms with Gasteiger partial charge in [0.2, 0.25) is 0 Å². The van der Waals surface area contributed by atoms with Gasteiger partial charge in [0.05, 0.1) is 6.20 Å². The van der Waals surface area contributed by atoms with Gasteiger partial charge in [-0.1, -0.05) is 6.92 Å². The molecule has 0 atom stereocenters.